The maximum atomic E-state index is 11.9. The van der Waals surface area contributed by atoms with Crippen LogP contribution in [0.3, 0.4) is 0 Å². The number of carbonyl (C=O) groups excluding carboxylic acids is 1. The normalized spacial score (nSPS) is 10.6. The van der Waals surface area contributed by atoms with E-state index in [0.29, 0.717) is 18.6 Å². The standard InChI is InChI=1S/C15H18O4/c1-3-9-19-12-5-6-13(11(4-2)10-12)14(16)7-8-15(17)18/h5-8,10H,3-4,9H2,1-2H3,(H,17,18)/b8-7+. The van der Waals surface area contributed by atoms with Crippen molar-refractivity contribution in [1.29, 1.82) is 0 Å². The molecule has 0 aliphatic heterocycles. The van der Waals surface area contributed by atoms with Crippen LogP contribution < -0.4 is 4.74 Å². The van der Waals surface area contributed by atoms with Gasteiger partial charge in [0.25, 0.3) is 0 Å². The zero-order valence-corrected chi connectivity index (χ0v) is 11.2. The Morgan fingerprint density at radius 3 is 2.58 bits per heavy atom. The Morgan fingerprint density at radius 2 is 2.00 bits per heavy atom. The number of carboxylic acids is 1. The molecule has 0 spiro atoms. The number of rotatable bonds is 7. The van der Waals surface area contributed by atoms with Crippen LogP contribution in [0.1, 0.15) is 36.2 Å². The molecule has 1 rings (SSSR count). The molecule has 0 atom stereocenters. The smallest absolute Gasteiger partial charge is 0.328 e. The second-order valence-corrected chi connectivity index (χ2v) is 4.06. The Balaban J connectivity index is 2.95. The third-order valence-electron chi connectivity index (χ3n) is 2.57. The van der Waals surface area contributed by atoms with E-state index in [9.17, 15) is 9.59 Å². The van der Waals surface area contributed by atoms with Crippen LogP contribution in [0.2, 0.25) is 0 Å². The van der Waals surface area contributed by atoms with Crippen LogP contribution in [0.15, 0.2) is 30.4 Å². The SMILES string of the molecule is CCCOc1ccc(C(=O)/C=C/C(=O)O)c(CC)c1. The van der Waals surface area contributed by atoms with E-state index < -0.39 is 5.97 Å². The molecular weight excluding hydrogens is 244 g/mol. The Labute approximate surface area is 112 Å². The highest BCUT2D eigenvalue weighted by atomic mass is 16.5. The van der Waals surface area contributed by atoms with Gasteiger partial charge in [-0.15, -0.1) is 0 Å². The lowest BCUT2D eigenvalue weighted by molar-refractivity contribution is -0.131. The summed E-state index contributed by atoms with van der Waals surface area (Å²) in [5.74, 6) is -0.701. The number of aliphatic carboxylic acids is 1. The minimum Gasteiger partial charge on any atom is -0.494 e. The van der Waals surface area contributed by atoms with Gasteiger partial charge >= 0.3 is 5.97 Å². The maximum absolute atomic E-state index is 11.9. The maximum Gasteiger partial charge on any atom is 0.328 e. The summed E-state index contributed by atoms with van der Waals surface area (Å²) < 4.78 is 5.51. The van der Waals surface area contributed by atoms with E-state index in [1.165, 1.54) is 0 Å². The van der Waals surface area contributed by atoms with Crippen LogP contribution in [0, 0.1) is 0 Å². The fourth-order valence-corrected chi connectivity index (χ4v) is 1.65. The Morgan fingerprint density at radius 1 is 1.26 bits per heavy atom. The van der Waals surface area contributed by atoms with E-state index in [1.54, 1.807) is 12.1 Å². The topological polar surface area (TPSA) is 63.6 Å². The van der Waals surface area contributed by atoms with Gasteiger partial charge in [0.15, 0.2) is 5.78 Å². The molecule has 0 heterocycles. The number of ether oxygens (including phenoxy) is 1. The summed E-state index contributed by atoms with van der Waals surface area (Å²) in [5, 5.41) is 8.52. The van der Waals surface area contributed by atoms with E-state index in [4.69, 9.17) is 9.84 Å². The molecule has 0 saturated carbocycles. The molecule has 1 N–H and O–H groups in total. The Hall–Kier alpha value is -2.10. The number of allylic oxidation sites excluding steroid dienone is 1. The Bertz CT molecular complexity index is 489. The summed E-state index contributed by atoms with van der Waals surface area (Å²) in [6.45, 7) is 4.60. The fraction of sp³-hybridized carbons (Fsp3) is 0.333. The summed E-state index contributed by atoms with van der Waals surface area (Å²) in [7, 11) is 0. The number of hydrogen-bond acceptors (Lipinski definition) is 3. The third-order valence-corrected chi connectivity index (χ3v) is 2.57. The summed E-state index contributed by atoms with van der Waals surface area (Å²) >= 11 is 0. The predicted molar refractivity (Wildman–Crippen MR) is 72.7 cm³/mol. The molecule has 0 saturated heterocycles. The Kier molecular flexibility index (Phi) is 5.79. The quantitative estimate of drug-likeness (QED) is 0.606. The molecule has 0 aliphatic carbocycles. The lowest BCUT2D eigenvalue weighted by Crippen LogP contribution is -2.03. The lowest BCUT2D eigenvalue weighted by atomic mass is 10.0. The number of ketones is 1. The van der Waals surface area contributed by atoms with E-state index >= 15 is 0 Å². The summed E-state index contributed by atoms with van der Waals surface area (Å²) in [6.07, 6.45) is 3.53. The molecule has 0 fully saturated rings. The van der Waals surface area contributed by atoms with Crippen LogP contribution in [-0.4, -0.2) is 23.5 Å². The highest BCUT2D eigenvalue weighted by Gasteiger charge is 2.09. The zero-order valence-electron chi connectivity index (χ0n) is 11.2. The van der Waals surface area contributed by atoms with Gasteiger partial charge in [-0.2, -0.15) is 0 Å². The first-order valence-electron chi connectivity index (χ1n) is 6.29. The van der Waals surface area contributed by atoms with Crippen molar-refractivity contribution < 1.29 is 19.4 Å². The predicted octanol–water partition coefficient (Wildman–Crippen LogP) is 2.86. The van der Waals surface area contributed by atoms with Crippen LogP contribution in [-0.2, 0) is 11.2 Å². The van der Waals surface area contributed by atoms with Gasteiger partial charge in [-0.3, -0.25) is 4.79 Å². The first-order chi connectivity index (χ1) is 9.08. The van der Waals surface area contributed by atoms with Crippen molar-refractivity contribution in [3.63, 3.8) is 0 Å². The second kappa shape index (κ2) is 7.36. The highest BCUT2D eigenvalue weighted by Crippen LogP contribution is 2.19. The molecule has 0 amide bonds. The largest absolute Gasteiger partial charge is 0.494 e. The average Bonchev–Trinajstić information content (AvgIpc) is 2.42. The molecule has 4 nitrogen and oxygen atoms in total. The van der Waals surface area contributed by atoms with E-state index in [-0.39, 0.29) is 5.78 Å². The number of benzene rings is 1. The summed E-state index contributed by atoms with van der Waals surface area (Å²) in [4.78, 5) is 22.3. The zero-order chi connectivity index (χ0) is 14.3. The van der Waals surface area contributed by atoms with Gasteiger partial charge < -0.3 is 9.84 Å². The van der Waals surface area contributed by atoms with E-state index in [1.807, 2.05) is 19.9 Å². The lowest BCUT2D eigenvalue weighted by Gasteiger charge is -2.09. The fourth-order valence-electron chi connectivity index (χ4n) is 1.65. The van der Waals surface area contributed by atoms with Gasteiger partial charge in [-0.25, -0.2) is 4.79 Å². The minimum absolute atomic E-state index is 0.304. The van der Waals surface area contributed by atoms with Crippen molar-refractivity contribution in [3.8, 4) is 5.75 Å². The van der Waals surface area contributed by atoms with Crippen molar-refractivity contribution in [2.24, 2.45) is 0 Å². The number of carbonyl (C=O) groups is 2. The van der Waals surface area contributed by atoms with Gasteiger partial charge in [0.05, 0.1) is 6.61 Å². The molecule has 0 unspecified atom stereocenters. The van der Waals surface area contributed by atoms with Crippen molar-refractivity contribution in [2.75, 3.05) is 6.61 Å². The summed E-state index contributed by atoms with van der Waals surface area (Å²) in [6, 6.07) is 5.24. The molecule has 1 aromatic carbocycles. The minimum atomic E-state index is -1.13. The van der Waals surface area contributed by atoms with Crippen molar-refractivity contribution in [3.05, 3.63) is 41.5 Å². The molecule has 0 bridgehead atoms. The highest BCUT2D eigenvalue weighted by molar-refractivity contribution is 6.07. The molecule has 19 heavy (non-hydrogen) atoms. The van der Waals surface area contributed by atoms with Crippen LogP contribution in [0.25, 0.3) is 0 Å². The van der Waals surface area contributed by atoms with Gasteiger partial charge in [0, 0.05) is 11.6 Å². The van der Waals surface area contributed by atoms with Gasteiger partial charge in [0.2, 0.25) is 0 Å². The van der Waals surface area contributed by atoms with Crippen molar-refractivity contribution in [1.82, 2.24) is 0 Å². The van der Waals surface area contributed by atoms with Crippen molar-refractivity contribution >= 4 is 11.8 Å². The molecular formula is C15H18O4. The first kappa shape index (κ1) is 15.0. The van der Waals surface area contributed by atoms with Crippen LogP contribution >= 0.6 is 0 Å². The molecule has 1 aromatic rings. The van der Waals surface area contributed by atoms with Crippen LogP contribution in [0.4, 0.5) is 0 Å². The molecule has 0 aliphatic rings. The molecule has 0 aromatic heterocycles. The third kappa shape index (κ3) is 4.58. The van der Waals surface area contributed by atoms with Gasteiger partial charge in [0.1, 0.15) is 5.75 Å². The molecule has 0 radical (unpaired) electrons. The van der Waals surface area contributed by atoms with E-state index in [0.717, 1.165) is 29.9 Å². The van der Waals surface area contributed by atoms with Gasteiger partial charge in [-0.1, -0.05) is 13.8 Å². The van der Waals surface area contributed by atoms with E-state index in [2.05, 4.69) is 0 Å². The van der Waals surface area contributed by atoms with Gasteiger partial charge in [-0.05, 0) is 42.7 Å². The first-order valence-corrected chi connectivity index (χ1v) is 6.29. The monoisotopic (exact) mass is 262 g/mol. The number of carboxylic acid groups (broad SMARTS) is 1. The molecule has 4 heteroatoms. The molecule has 102 valence electrons. The second-order valence-electron chi connectivity index (χ2n) is 4.06. The summed E-state index contributed by atoms with van der Waals surface area (Å²) in [5.41, 5.74) is 1.37. The number of aryl methyl sites for hydroxylation is 1. The average molecular weight is 262 g/mol. The van der Waals surface area contributed by atoms with Crippen molar-refractivity contribution in [2.45, 2.75) is 26.7 Å². The van der Waals surface area contributed by atoms with Crippen LogP contribution in [0.5, 0.6) is 5.75 Å². The number of hydrogen-bond donors (Lipinski definition) is 1.